The Balaban J connectivity index is 1.70. The van der Waals surface area contributed by atoms with E-state index < -0.39 is 0 Å². The number of ether oxygens (including phenoxy) is 2. The van der Waals surface area contributed by atoms with Crippen molar-refractivity contribution in [1.82, 2.24) is 5.32 Å². The Hall–Kier alpha value is -2.56. The lowest BCUT2D eigenvalue weighted by Crippen LogP contribution is -2.29. The quantitative estimate of drug-likeness (QED) is 0.800. The average Bonchev–Trinajstić information content (AvgIpc) is 2.52. The zero-order valence-corrected chi connectivity index (χ0v) is 12.3. The number of methoxy groups -OCH3 is 1. The van der Waals surface area contributed by atoms with E-state index in [0.717, 1.165) is 0 Å². The maximum Gasteiger partial charge on any atom is 0.224 e. The molecule has 1 amide bonds. The molecule has 0 saturated carbocycles. The molecule has 0 aliphatic carbocycles. The lowest BCUT2D eigenvalue weighted by Gasteiger charge is -2.09. The molecule has 4 nitrogen and oxygen atoms in total. The third-order valence-electron chi connectivity index (χ3n) is 2.99. The number of carbonyl (C=O) groups excluding carboxylic acids is 1. The minimum atomic E-state index is -0.341. The summed E-state index contributed by atoms with van der Waals surface area (Å²) in [5, 5.41) is 2.73. The highest BCUT2D eigenvalue weighted by molar-refractivity contribution is 5.78. The maximum atomic E-state index is 13.0. The molecule has 0 saturated heterocycles. The van der Waals surface area contributed by atoms with E-state index in [1.807, 2.05) is 18.2 Å². The first-order valence-corrected chi connectivity index (χ1v) is 6.95. The summed E-state index contributed by atoms with van der Waals surface area (Å²) in [6.07, 6.45) is 0.150. The molecule has 0 aliphatic heterocycles. The standard InChI is InChI=1S/C17H18FNO3/c1-21-15-6-3-7-16(12-15)22-9-8-19-17(20)11-13-4-2-5-14(18)10-13/h2-7,10,12H,8-9,11H2,1H3,(H,19,20). The first kappa shape index (κ1) is 15.8. The van der Waals surface area contributed by atoms with Gasteiger partial charge in [-0.05, 0) is 29.8 Å². The Morgan fingerprint density at radius 2 is 1.91 bits per heavy atom. The van der Waals surface area contributed by atoms with E-state index in [9.17, 15) is 9.18 Å². The smallest absolute Gasteiger partial charge is 0.224 e. The van der Waals surface area contributed by atoms with Gasteiger partial charge < -0.3 is 14.8 Å². The largest absolute Gasteiger partial charge is 0.497 e. The minimum Gasteiger partial charge on any atom is -0.497 e. The topological polar surface area (TPSA) is 47.6 Å². The predicted molar refractivity (Wildman–Crippen MR) is 81.6 cm³/mol. The van der Waals surface area contributed by atoms with E-state index >= 15 is 0 Å². The number of halogens is 1. The fraction of sp³-hybridized carbons (Fsp3) is 0.235. The molecule has 5 heteroatoms. The molecule has 0 aromatic heterocycles. The second-order valence-electron chi connectivity index (χ2n) is 4.68. The summed E-state index contributed by atoms with van der Waals surface area (Å²) in [5.41, 5.74) is 0.645. The maximum absolute atomic E-state index is 13.0. The Labute approximate surface area is 128 Å². The van der Waals surface area contributed by atoms with Crippen molar-refractivity contribution < 1.29 is 18.7 Å². The van der Waals surface area contributed by atoms with Gasteiger partial charge in [0.1, 0.15) is 23.9 Å². The number of amides is 1. The van der Waals surface area contributed by atoms with Crippen molar-refractivity contribution in [2.24, 2.45) is 0 Å². The Morgan fingerprint density at radius 3 is 2.68 bits per heavy atom. The number of hydrogen-bond acceptors (Lipinski definition) is 3. The van der Waals surface area contributed by atoms with Gasteiger partial charge in [0.05, 0.1) is 20.1 Å². The molecule has 116 valence electrons. The molecule has 0 unspecified atom stereocenters. The van der Waals surface area contributed by atoms with Gasteiger partial charge in [-0.15, -0.1) is 0 Å². The summed E-state index contributed by atoms with van der Waals surface area (Å²) in [6.45, 7) is 0.730. The Bertz CT molecular complexity index is 631. The molecule has 2 aromatic carbocycles. The van der Waals surface area contributed by atoms with E-state index in [1.54, 1.807) is 25.3 Å². The van der Waals surface area contributed by atoms with Crippen LogP contribution in [0.15, 0.2) is 48.5 Å². The molecule has 2 rings (SSSR count). The van der Waals surface area contributed by atoms with Gasteiger partial charge in [-0.1, -0.05) is 18.2 Å². The van der Waals surface area contributed by atoms with Crippen LogP contribution >= 0.6 is 0 Å². The van der Waals surface area contributed by atoms with Gasteiger partial charge >= 0.3 is 0 Å². The van der Waals surface area contributed by atoms with Crippen LogP contribution in [0.5, 0.6) is 11.5 Å². The van der Waals surface area contributed by atoms with Crippen LogP contribution in [0.25, 0.3) is 0 Å². The van der Waals surface area contributed by atoms with Crippen molar-refractivity contribution in [1.29, 1.82) is 0 Å². The van der Waals surface area contributed by atoms with Gasteiger partial charge in [0.25, 0.3) is 0 Å². The van der Waals surface area contributed by atoms with Crippen LogP contribution in [0.2, 0.25) is 0 Å². The second-order valence-corrected chi connectivity index (χ2v) is 4.68. The Morgan fingerprint density at radius 1 is 1.14 bits per heavy atom. The van der Waals surface area contributed by atoms with E-state index in [-0.39, 0.29) is 18.1 Å². The minimum absolute atomic E-state index is 0.150. The summed E-state index contributed by atoms with van der Waals surface area (Å²) in [4.78, 5) is 11.7. The third-order valence-corrected chi connectivity index (χ3v) is 2.99. The number of hydrogen-bond donors (Lipinski definition) is 1. The summed E-state index contributed by atoms with van der Waals surface area (Å²) >= 11 is 0. The monoisotopic (exact) mass is 303 g/mol. The van der Waals surface area contributed by atoms with Gasteiger partial charge in [-0.2, -0.15) is 0 Å². The van der Waals surface area contributed by atoms with Crippen molar-refractivity contribution in [3.05, 3.63) is 59.9 Å². The highest BCUT2D eigenvalue weighted by Gasteiger charge is 2.04. The van der Waals surface area contributed by atoms with E-state index in [1.165, 1.54) is 12.1 Å². The van der Waals surface area contributed by atoms with Gasteiger partial charge in [0.2, 0.25) is 5.91 Å². The summed E-state index contributed by atoms with van der Waals surface area (Å²) in [7, 11) is 1.59. The van der Waals surface area contributed by atoms with Crippen LogP contribution in [-0.2, 0) is 11.2 Å². The molecular weight excluding hydrogens is 285 g/mol. The van der Waals surface area contributed by atoms with Crippen molar-refractivity contribution in [2.45, 2.75) is 6.42 Å². The first-order chi connectivity index (χ1) is 10.7. The summed E-state index contributed by atoms with van der Waals surface area (Å²) in [6, 6.07) is 13.3. The van der Waals surface area contributed by atoms with Gasteiger partial charge in [-0.25, -0.2) is 4.39 Å². The fourth-order valence-corrected chi connectivity index (χ4v) is 1.95. The van der Waals surface area contributed by atoms with E-state index in [4.69, 9.17) is 9.47 Å². The molecule has 0 radical (unpaired) electrons. The van der Waals surface area contributed by atoms with Crippen LogP contribution < -0.4 is 14.8 Å². The van der Waals surface area contributed by atoms with Crippen LogP contribution in [0.4, 0.5) is 4.39 Å². The van der Waals surface area contributed by atoms with Crippen LogP contribution in [0, 0.1) is 5.82 Å². The molecule has 1 N–H and O–H groups in total. The average molecular weight is 303 g/mol. The van der Waals surface area contributed by atoms with Crippen LogP contribution in [-0.4, -0.2) is 26.2 Å². The van der Waals surface area contributed by atoms with E-state index in [0.29, 0.717) is 30.2 Å². The van der Waals surface area contributed by atoms with Crippen molar-refractivity contribution in [2.75, 3.05) is 20.3 Å². The van der Waals surface area contributed by atoms with E-state index in [2.05, 4.69) is 5.32 Å². The zero-order valence-electron chi connectivity index (χ0n) is 12.3. The summed E-state index contributed by atoms with van der Waals surface area (Å²) in [5.74, 6) is 0.887. The molecule has 22 heavy (non-hydrogen) atoms. The number of rotatable bonds is 7. The van der Waals surface area contributed by atoms with Crippen LogP contribution in [0.3, 0.4) is 0 Å². The number of carbonyl (C=O) groups is 1. The van der Waals surface area contributed by atoms with Gasteiger partial charge in [0.15, 0.2) is 0 Å². The highest BCUT2D eigenvalue weighted by atomic mass is 19.1. The molecule has 2 aromatic rings. The fourth-order valence-electron chi connectivity index (χ4n) is 1.95. The third kappa shape index (κ3) is 5.09. The number of nitrogens with one attached hydrogen (secondary N) is 1. The number of benzene rings is 2. The van der Waals surface area contributed by atoms with Crippen molar-refractivity contribution in [3.63, 3.8) is 0 Å². The van der Waals surface area contributed by atoms with Crippen LogP contribution in [0.1, 0.15) is 5.56 Å². The predicted octanol–water partition coefficient (Wildman–Crippen LogP) is 2.57. The zero-order chi connectivity index (χ0) is 15.8. The van der Waals surface area contributed by atoms with Gasteiger partial charge in [-0.3, -0.25) is 4.79 Å². The van der Waals surface area contributed by atoms with Gasteiger partial charge in [0, 0.05) is 6.07 Å². The van der Waals surface area contributed by atoms with Crippen molar-refractivity contribution in [3.8, 4) is 11.5 Å². The summed E-state index contributed by atoms with van der Waals surface area (Å²) < 4.78 is 23.6. The molecule has 0 heterocycles. The molecular formula is C17H18FNO3. The lowest BCUT2D eigenvalue weighted by molar-refractivity contribution is -0.120. The molecule has 0 aliphatic rings. The SMILES string of the molecule is COc1cccc(OCCNC(=O)Cc2cccc(F)c2)c1. The molecule has 0 fully saturated rings. The molecule has 0 bridgehead atoms. The Kier molecular flexibility index (Phi) is 5.77. The van der Waals surface area contributed by atoms with Crippen molar-refractivity contribution >= 4 is 5.91 Å². The molecule has 0 atom stereocenters. The lowest BCUT2D eigenvalue weighted by atomic mass is 10.1. The second kappa shape index (κ2) is 8.02. The molecule has 0 spiro atoms. The highest BCUT2D eigenvalue weighted by Crippen LogP contribution is 2.18. The normalized spacial score (nSPS) is 10.1. The first-order valence-electron chi connectivity index (χ1n) is 6.95.